The summed E-state index contributed by atoms with van der Waals surface area (Å²) < 4.78 is 14.2. The van der Waals surface area contributed by atoms with E-state index in [2.05, 4.69) is 15.3 Å². The predicted molar refractivity (Wildman–Crippen MR) is 127 cm³/mol. The van der Waals surface area contributed by atoms with Crippen molar-refractivity contribution >= 4 is 39.5 Å². The highest BCUT2D eigenvalue weighted by atomic mass is 19.1. The number of hydrogen-bond donors (Lipinski definition) is 1. The van der Waals surface area contributed by atoms with Crippen molar-refractivity contribution in [2.45, 2.75) is 0 Å². The highest BCUT2D eigenvalue weighted by Crippen LogP contribution is 2.36. The van der Waals surface area contributed by atoms with Gasteiger partial charge < -0.3 is 15.1 Å². The van der Waals surface area contributed by atoms with Gasteiger partial charge in [0, 0.05) is 37.3 Å². The van der Waals surface area contributed by atoms with Gasteiger partial charge in [-0.05, 0) is 23.6 Å². The average molecular weight is 444 g/mol. The first kappa shape index (κ1) is 20.6. The molecule has 1 N–H and O–H groups in total. The van der Waals surface area contributed by atoms with E-state index in [1.165, 1.54) is 12.4 Å². The number of benzene rings is 3. The number of rotatable bonds is 5. The Balaban J connectivity index is 1.43. The Labute approximate surface area is 189 Å². The summed E-state index contributed by atoms with van der Waals surface area (Å²) in [6.07, 6.45) is 1.33. The standard InChI is InChI=1S/C24H21FN6O2/c25-19-9-3-4-11-21(19)29-12-14-30(15-13-29)24-22(31(32)33)23(26-16-27-24)28-20-10-5-7-17-6-1-2-8-18(17)20/h1-11,16H,12-15H2,(H,26,27,28). The van der Waals surface area contributed by atoms with Crippen molar-refractivity contribution < 1.29 is 9.31 Å². The zero-order chi connectivity index (χ0) is 22.8. The molecule has 0 spiro atoms. The van der Waals surface area contributed by atoms with E-state index >= 15 is 0 Å². The Bertz CT molecular complexity index is 1320. The van der Waals surface area contributed by atoms with Crippen LogP contribution in [0.4, 0.5) is 33.1 Å². The molecule has 5 rings (SSSR count). The summed E-state index contributed by atoms with van der Waals surface area (Å²) in [6.45, 7) is 1.99. The van der Waals surface area contributed by atoms with Crippen molar-refractivity contribution in [2.75, 3.05) is 41.3 Å². The van der Waals surface area contributed by atoms with Gasteiger partial charge in [-0.25, -0.2) is 14.4 Å². The second kappa shape index (κ2) is 8.70. The van der Waals surface area contributed by atoms with Crippen molar-refractivity contribution in [3.63, 3.8) is 0 Å². The molecular formula is C24H21FN6O2. The van der Waals surface area contributed by atoms with Crippen molar-refractivity contribution in [2.24, 2.45) is 0 Å². The quantitative estimate of drug-likeness (QED) is 0.351. The molecule has 33 heavy (non-hydrogen) atoms. The first-order valence-electron chi connectivity index (χ1n) is 10.6. The van der Waals surface area contributed by atoms with Gasteiger partial charge in [-0.15, -0.1) is 0 Å². The fraction of sp³-hybridized carbons (Fsp3) is 0.167. The van der Waals surface area contributed by atoms with Crippen LogP contribution in [0.15, 0.2) is 73.1 Å². The zero-order valence-corrected chi connectivity index (χ0v) is 17.7. The summed E-state index contributed by atoms with van der Waals surface area (Å²) in [5.41, 5.74) is 1.09. The van der Waals surface area contributed by atoms with E-state index in [-0.39, 0.29) is 23.1 Å². The molecule has 0 unspecified atom stereocenters. The van der Waals surface area contributed by atoms with E-state index in [1.807, 2.05) is 52.3 Å². The maximum absolute atomic E-state index is 14.2. The van der Waals surface area contributed by atoms with E-state index in [9.17, 15) is 14.5 Å². The molecule has 1 saturated heterocycles. The van der Waals surface area contributed by atoms with E-state index in [0.717, 1.165) is 16.5 Å². The van der Waals surface area contributed by atoms with Gasteiger partial charge in [-0.1, -0.05) is 48.5 Å². The van der Waals surface area contributed by atoms with Crippen LogP contribution < -0.4 is 15.1 Å². The van der Waals surface area contributed by atoms with Gasteiger partial charge in [0.1, 0.15) is 12.1 Å². The molecule has 1 fully saturated rings. The maximum atomic E-state index is 14.2. The molecule has 9 heteroatoms. The molecule has 0 saturated carbocycles. The Kier molecular flexibility index (Phi) is 5.43. The number of nitro groups is 1. The van der Waals surface area contributed by atoms with Gasteiger partial charge in [0.2, 0.25) is 11.6 Å². The molecule has 2 heterocycles. The van der Waals surface area contributed by atoms with Gasteiger partial charge >= 0.3 is 5.69 Å². The minimum atomic E-state index is -0.452. The number of hydrogen-bond acceptors (Lipinski definition) is 7. The Morgan fingerprint density at radius 1 is 0.879 bits per heavy atom. The lowest BCUT2D eigenvalue weighted by Gasteiger charge is -2.36. The molecule has 0 amide bonds. The molecular weight excluding hydrogens is 423 g/mol. The third kappa shape index (κ3) is 4.00. The van der Waals surface area contributed by atoms with E-state index < -0.39 is 4.92 Å². The van der Waals surface area contributed by atoms with E-state index in [4.69, 9.17) is 0 Å². The molecule has 166 valence electrons. The number of para-hydroxylation sites is 1. The molecule has 0 radical (unpaired) electrons. The van der Waals surface area contributed by atoms with E-state index in [0.29, 0.717) is 31.9 Å². The third-order valence-electron chi connectivity index (χ3n) is 5.80. The van der Waals surface area contributed by atoms with Gasteiger partial charge in [0.15, 0.2) is 0 Å². The maximum Gasteiger partial charge on any atom is 0.353 e. The van der Waals surface area contributed by atoms with Crippen LogP contribution >= 0.6 is 0 Å². The number of piperazine rings is 1. The molecule has 1 aromatic heterocycles. The lowest BCUT2D eigenvalue weighted by atomic mass is 10.1. The number of nitrogens with one attached hydrogen (secondary N) is 1. The van der Waals surface area contributed by atoms with Crippen LogP contribution in [0.3, 0.4) is 0 Å². The minimum Gasteiger partial charge on any atom is -0.366 e. The van der Waals surface area contributed by atoms with Gasteiger partial charge in [0.05, 0.1) is 10.6 Å². The molecule has 1 aliphatic heterocycles. The van der Waals surface area contributed by atoms with Crippen LogP contribution in [0.25, 0.3) is 10.8 Å². The highest BCUT2D eigenvalue weighted by Gasteiger charge is 2.30. The highest BCUT2D eigenvalue weighted by molar-refractivity contribution is 5.96. The first-order valence-corrected chi connectivity index (χ1v) is 10.6. The summed E-state index contributed by atoms with van der Waals surface area (Å²) in [7, 11) is 0. The molecule has 3 aromatic carbocycles. The molecule has 1 aliphatic rings. The molecule has 8 nitrogen and oxygen atoms in total. The third-order valence-corrected chi connectivity index (χ3v) is 5.80. The number of aromatic nitrogens is 2. The Morgan fingerprint density at radius 2 is 1.58 bits per heavy atom. The summed E-state index contributed by atoms with van der Waals surface area (Å²) >= 11 is 0. The second-order valence-electron chi connectivity index (χ2n) is 7.73. The van der Waals surface area contributed by atoms with Crippen LogP contribution in [0.2, 0.25) is 0 Å². The van der Waals surface area contributed by atoms with Gasteiger partial charge in [-0.2, -0.15) is 0 Å². The van der Waals surface area contributed by atoms with Crippen LogP contribution in [0, 0.1) is 15.9 Å². The molecule has 0 aliphatic carbocycles. The molecule has 0 bridgehead atoms. The Hall–Kier alpha value is -4.27. The fourth-order valence-electron chi connectivity index (χ4n) is 4.19. The SMILES string of the molecule is O=[N+]([O-])c1c(Nc2cccc3ccccc23)ncnc1N1CCN(c2ccccc2F)CC1. The summed E-state index contributed by atoms with van der Waals surface area (Å²) in [4.78, 5) is 23.8. The lowest BCUT2D eigenvalue weighted by Crippen LogP contribution is -2.47. The van der Waals surface area contributed by atoms with Crippen LogP contribution in [0.1, 0.15) is 0 Å². The lowest BCUT2D eigenvalue weighted by molar-refractivity contribution is -0.383. The van der Waals surface area contributed by atoms with Crippen LogP contribution in [0.5, 0.6) is 0 Å². The normalized spacial score (nSPS) is 13.8. The van der Waals surface area contributed by atoms with E-state index in [1.54, 1.807) is 18.2 Å². The summed E-state index contributed by atoms with van der Waals surface area (Å²) in [6, 6.07) is 20.2. The van der Waals surface area contributed by atoms with Crippen LogP contribution in [-0.2, 0) is 0 Å². The van der Waals surface area contributed by atoms with Gasteiger partial charge in [-0.3, -0.25) is 10.1 Å². The zero-order valence-electron chi connectivity index (χ0n) is 17.7. The minimum absolute atomic E-state index is 0.137. The topological polar surface area (TPSA) is 87.4 Å². The smallest absolute Gasteiger partial charge is 0.353 e. The van der Waals surface area contributed by atoms with Crippen molar-refractivity contribution in [1.29, 1.82) is 0 Å². The monoisotopic (exact) mass is 444 g/mol. The molecule has 0 atom stereocenters. The van der Waals surface area contributed by atoms with Crippen molar-refractivity contribution in [3.8, 4) is 0 Å². The first-order chi connectivity index (χ1) is 16.1. The average Bonchev–Trinajstić information content (AvgIpc) is 2.84. The summed E-state index contributed by atoms with van der Waals surface area (Å²) in [5.74, 6) is 0.115. The number of nitrogens with zero attached hydrogens (tertiary/aromatic N) is 5. The Morgan fingerprint density at radius 3 is 2.36 bits per heavy atom. The predicted octanol–water partition coefficient (Wildman–Crippen LogP) is 4.75. The van der Waals surface area contributed by atoms with Crippen molar-refractivity contribution in [3.05, 3.63) is 89.0 Å². The largest absolute Gasteiger partial charge is 0.366 e. The number of halogens is 1. The summed E-state index contributed by atoms with van der Waals surface area (Å²) in [5, 5.41) is 17.2. The van der Waals surface area contributed by atoms with Crippen molar-refractivity contribution in [1.82, 2.24) is 9.97 Å². The number of fused-ring (bicyclic) bond motifs is 1. The van der Waals surface area contributed by atoms with Crippen LogP contribution in [-0.4, -0.2) is 41.1 Å². The number of anilines is 4. The molecule has 4 aromatic rings. The fourth-order valence-corrected chi connectivity index (χ4v) is 4.19. The van der Waals surface area contributed by atoms with Gasteiger partial charge in [0.25, 0.3) is 0 Å². The second-order valence-corrected chi connectivity index (χ2v) is 7.73.